The first kappa shape index (κ1) is 19.7. The summed E-state index contributed by atoms with van der Waals surface area (Å²) in [5.41, 5.74) is 0.793. The summed E-state index contributed by atoms with van der Waals surface area (Å²) in [6.45, 7) is 2.31. The van der Waals surface area contributed by atoms with Crippen molar-refractivity contribution in [2.75, 3.05) is 26.7 Å². The molecule has 3 rings (SSSR count). The number of likely N-dealkylation sites (N-methyl/N-ethyl adjacent to an activating group) is 1. The molecule has 2 amide bonds. The van der Waals surface area contributed by atoms with Gasteiger partial charge in [0, 0.05) is 20.1 Å². The van der Waals surface area contributed by atoms with Crippen molar-refractivity contribution in [2.24, 2.45) is 11.3 Å². The van der Waals surface area contributed by atoms with Gasteiger partial charge in [-0.2, -0.15) is 0 Å². The fraction of sp³-hybridized carbons (Fsp3) is 0.579. The third-order valence-electron chi connectivity index (χ3n) is 5.58. The summed E-state index contributed by atoms with van der Waals surface area (Å²) in [5.74, 6) is 0.420. The molecule has 0 radical (unpaired) electrons. The highest BCUT2D eigenvalue weighted by Crippen LogP contribution is 2.43. The van der Waals surface area contributed by atoms with Crippen LogP contribution >= 0.6 is 12.4 Å². The van der Waals surface area contributed by atoms with Crippen molar-refractivity contribution >= 4 is 24.2 Å². The maximum absolute atomic E-state index is 12.8. The highest BCUT2D eigenvalue weighted by Gasteiger charge is 2.49. The van der Waals surface area contributed by atoms with Gasteiger partial charge in [0.2, 0.25) is 11.8 Å². The van der Waals surface area contributed by atoms with Gasteiger partial charge in [-0.3, -0.25) is 9.59 Å². The SMILES string of the molecule is CN(Cc1ccccc1)C(=O)CNC(=O)[C@@]12CCCC[C@H]1CNC2.Cl. The van der Waals surface area contributed by atoms with E-state index in [-0.39, 0.29) is 36.2 Å². The summed E-state index contributed by atoms with van der Waals surface area (Å²) in [7, 11) is 1.78. The Balaban J connectivity index is 0.00000225. The van der Waals surface area contributed by atoms with Crippen molar-refractivity contribution < 1.29 is 9.59 Å². The molecule has 1 aromatic rings. The Labute approximate surface area is 155 Å². The summed E-state index contributed by atoms with van der Waals surface area (Å²) >= 11 is 0. The number of fused-ring (bicyclic) bond motifs is 1. The van der Waals surface area contributed by atoms with Gasteiger partial charge in [0.1, 0.15) is 0 Å². The fourth-order valence-corrected chi connectivity index (χ4v) is 4.10. The summed E-state index contributed by atoms with van der Waals surface area (Å²) < 4.78 is 0. The molecular formula is C19H28ClN3O2. The molecule has 0 bridgehead atoms. The summed E-state index contributed by atoms with van der Waals surface area (Å²) in [6, 6.07) is 9.88. The number of hydrogen-bond donors (Lipinski definition) is 2. The second-order valence-electron chi connectivity index (χ2n) is 7.15. The third-order valence-corrected chi connectivity index (χ3v) is 5.58. The molecule has 1 aliphatic heterocycles. The lowest BCUT2D eigenvalue weighted by molar-refractivity contribution is -0.138. The molecule has 2 atom stereocenters. The second kappa shape index (κ2) is 8.68. The minimum atomic E-state index is -0.295. The zero-order chi connectivity index (χ0) is 17.0. The number of amides is 2. The molecule has 0 spiro atoms. The molecule has 1 heterocycles. The van der Waals surface area contributed by atoms with Crippen LogP contribution in [0.2, 0.25) is 0 Å². The standard InChI is InChI=1S/C19H27N3O2.ClH/c1-22(13-15-7-3-2-4-8-15)17(23)12-21-18(24)19-10-6-5-9-16(19)11-20-14-19;/h2-4,7-8,16,20H,5-6,9-14H2,1H3,(H,21,24);1H/t16-,19+;/m0./s1. The van der Waals surface area contributed by atoms with E-state index < -0.39 is 0 Å². The van der Waals surface area contributed by atoms with Crippen LogP contribution in [0, 0.1) is 11.3 Å². The molecule has 0 aromatic heterocycles. The van der Waals surface area contributed by atoms with Gasteiger partial charge in [-0.05, 0) is 30.9 Å². The van der Waals surface area contributed by atoms with Crippen LogP contribution in [0.25, 0.3) is 0 Å². The molecule has 138 valence electrons. The maximum Gasteiger partial charge on any atom is 0.242 e. The van der Waals surface area contributed by atoms with E-state index in [4.69, 9.17) is 0 Å². The number of benzene rings is 1. The van der Waals surface area contributed by atoms with E-state index in [0.717, 1.165) is 37.9 Å². The van der Waals surface area contributed by atoms with E-state index in [1.165, 1.54) is 6.42 Å². The van der Waals surface area contributed by atoms with Gasteiger partial charge in [0.25, 0.3) is 0 Å². The van der Waals surface area contributed by atoms with Crippen LogP contribution in [-0.2, 0) is 16.1 Å². The zero-order valence-corrected chi connectivity index (χ0v) is 15.6. The third kappa shape index (κ3) is 4.33. The average molecular weight is 366 g/mol. The number of nitrogens with one attached hydrogen (secondary N) is 2. The quantitative estimate of drug-likeness (QED) is 0.838. The smallest absolute Gasteiger partial charge is 0.242 e. The Kier molecular flexibility index (Phi) is 6.85. The number of carbonyl (C=O) groups excluding carboxylic acids is 2. The minimum absolute atomic E-state index is 0. The summed E-state index contributed by atoms with van der Waals surface area (Å²) in [5, 5.41) is 6.28. The predicted octanol–water partition coefficient (Wildman–Crippen LogP) is 1.96. The number of carbonyl (C=O) groups is 2. The lowest BCUT2D eigenvalue weighted by Gasteiger charge is -2.37. The molecule has 5 nitrogen and oxygen atoms in total. The van der Waals surface area contributed by atoms with Gasteiger partial charge in [0.15, 0.2) is 0 Å². The van der Waals surface area contributed by atoms with Crippen molar-refractivity contribution in [3.63, 3.8) is 0 Å². The highest BCUT2D eigenvalue weighted by atomic mass is 35.5. The largest absolute Gasteiger partial charge is 0.346 e. The van der Waals surface area contributed by atoms with Crippen molar-refractivity contribution in [1.82, 2.24) is 15.5 Å². The lowest BCUT2D eigenvalue weighted by atomic mass is 9.67. The van der Waals surface area contributed by atoms with Crippen LogP contribution < -0.4 is 10.6 Å². The van der Waals surface area contributed by atoms with E-state index in [1.54, 1.807) is 11.9 Å². The second-order valence-corrected chi connectivity index (χ2v) is 7.15. The monoisotopic (exact) mass is 365 g/mol. The molecule has 2 aliphatic rings. The maximum atomic E-state index is 12.8. The Morgan fingerprint density at radius 2 is 2.04 bits per heavy atom. The van der Waals surface area contributed by atoms with Crippen LogP contribution in [0.1, 0.15) is 31.2 Å². The Bertz CT molecular complexity index is 596. The molecule has 1 saturated carbocycles. The summed E-state index contributed by atoms with van der Waals surface area (Å²) in [4.78, 5) is 26.8. The molecule has 1 aliphatic carbocycles. The fourth-order valence-electron chi connectivity index (χ4n) is 4.10. The summed E-state index contributed by atoms with van der Waals surface area (Å²) in [6.07, 6.45) is 4.36. The molecule has 0 unspecified atom stereocenters. The first-order chi connectivity index (χ1) is 11.6. The Morgan fingerprint density at radius 1 is 1.28 bits per heavy atom. The van der Waals surface area contributed by atoms with Gasteiger partial charge in [-0.15, -0.1) is 12.4 Å². The van der Waals surface area contributed by atoms with Crippen LogP contribution in [0.15, 0.2) is 30.3 Å². The average Bonchev–Trinajstić information content (AvgIpc) is 3.05. The van der Waals surface area contributed by atoms with Crippen LogP contribution in [0.5, 0.6) is 0 Å². The van der Waals surface area contributed by atoms with E-state index in [0.29, 0.717) is 12.5 Å². The van der Waals surface area contributed by atoms with Crippen LogP contribution in [0.3, 0.4) is 0 Å². The van der Waals surface area contributed by atoms with Crippen molar-refractivity contribution in [3.05, 3.63) is 35.9 Å². The number of nitrogens with zero attached hydrogens (tertiary/aromatic N) is 1. The van der Waals surface area contributed by atoms with Gasteiger partial charge in [-0.25, -0.2) is 0 Å². The number of rotatable bonds is 5. The minimum Gasteiger partial charge on any atom is -0.346 e. The van der Waals surface area contributed by atoms with E-state index in [1.807, 2.05) is 30.3 Å². The van der Waals surface area contributed by atoms with Crippen LogP contribution in [0.4, 0.5) is 0 Å². The van der Waals surface area contributed by atoms with Gasteiger partial charge < -0.3 is 15.5 Å². The number of halogens is 1. The van der Waals surface area contributed by atoms with E-state index >= 15 is 0 Å². The van der Waals surface area contributed by atoms with Crippen molar-refractivity contribution in [3.8, 4) is 0 Å². The van der Waals surface area contributed by atoms with Crippen LogP contribution in [-0.4, -0.2) is 43.4 Å². The van der Waals surface area contributed by atoms with E-state index in [9.17, 15) is 9.59 Å². The van der Waals surface area contributed by atoms with Crippen molar-refractivity contribution in [1.29, 1.82) is 0 Å². The zero-order valence-electron chi connectivity index (χ0n) is 14.8. The highest BCUT2D eigenvalue weighted by molar-refractivity contribution is 5.88. The Hall–Kier alpha value is -1.59. The molecule has 1 saturated heterocycles. The number of hydrogen-bond acceptors (Lipinski definition) is 3. The predicted molar refractivity (Wildman–Crippen MR) is 100 cm³/mol. The first-order valence-corrected chi connectivity index (χ1v) is 8.89. The normalized spacial score (nSPS) is 24.8. The first-order valence-electron chi connectivity index (χ1n) is 8.89. The van der Waals surface area contributed by atoms with Gasteiger partial charge >= 0.3 is 0 Å². The molecular weight excluding hydrogens is 338 g/mol. The van der Waals surface area contributed by atoms with Gasteiger partial charge in [0.05, 0.1) is 12.0 Å². The van der Waals surface area contributed by atoms with E-state index in [2.05, 4.69) is 10.6 Å². The topological polar surface area (TPSA) is 61.4 Å². The molecule has 25 heavy (non-hydrogen) atoms. The molecule has 6 heteroatoms. The molecule has 2 fully saturated rings. The van der Waals surface area contributed by atoms with Gasteiger partial charge in [-0.1, -0.05) is 43.2 Å². The Morgan fingerprint density at radius 3 is 2.80 bits per heavy atom. The lowest BCUT2D eigenvalue weighted by Crippen LogP contribution is -2.50. The molecule has 1 aromatic carbocycles. The molecule has 2 N–H and O–H groups in total. The van der Waals surface area contributed by atoms with Crippen molar-refractivity contribution in [2.45, 2.75) is 32.2 Å².